The first-order valence-corrected chi connectivity index (χ1v) is 8.69. The van der Waals surface area contributed by atoms with Crippen LogP contribution in [0.15, 0.2) is 36.4 Å². The smallest absolute Gasteiger partial charge is 0.416 e. The molecule has 0 radical (unpaired) electrons. The summed E-state index contributed by atoms with van der Waals surface area (Å²) in [6.45, 7) is 2.04. The fourth-order valence-corrected chi connectivity index (χ4v) is 2.90. The number of amides is 1. The summed E-state index contributed by atoms with van der Waals surface area (Å²) in [5.41, 5.74) is 0.537. The van der Waals surface area contributed by atoms with Crippen molar-refractivity contribution >= 4 is 23.1 Å². The third-order valence-electron chi connectivity index (χ3n) is 4.32. The molecule has 0 unspecified atom stereocenters. The normalized spacial score (nSPS) is 16.2. The zero-order chi connectivity index (χ0) is 20.5. The molecule has 28 heavy (non-hydrogen) atoms. The first kappa shape index (κ1) is 19.8. The van der Waals surface area contributed by atoms with Crippen LogP contribution in [0.25, 0.3) is 0 Å². The van der Waals surface area contributed by atoms with E-state index in [1.54, 1.807) is 0 Å². The Kier molecular flexibility index (Phi) is 5.35. The lowest BCUT2D eigenvalue weighted by Crippen LogP contribution is -2.44. The molecule has 0 saturated heterocycles. The van der Waals surface area contributed by atoms with Gasteiger partial charge >= 0.3 is 6.18 Å². The Morgan fingerprint density at radius 2 is 1.93 bits per heavy atom. The predicted octanol–water partition coefficient (Wildman–Crippen LogP) is 3.20. The Hall–Kier alpha value is -2.97. The number of carbonyl (C=O) groups is 1. The van der Waals surface area contributed by atoms with E-state index in [9.17, 15) is 18.0 Å². The van der Waals surface area contributed by atoms with Crippen molar-refractivity contribution in [1.29, 1.82) is 0 Å². The van der Waals surface area contributed by atoms with Gasteiger partial charge in [0.15, 0.2) is 0 Å². The third-order valence-corrected chi connectivity index (χ3v) is 4.32. The van der Waals surface area contributed by atoms with Crippen LogP contribution in [-0.4, -0.2) is 44.2 Å². The van der Waals surface area contributed by atoms with Crippen molar-refractivity contribution in [1.82, 2.24) is 10.3 Å². The van der Waals surface area contributed by atoms with Gasteiger partial charge in [-0.2, -0.15) is 18.2 Å². The number of aromatic nitrogens is 1. The zero-order valence-electron chi connectivity index (χ0n) is 15.7. The molecular formula is C19H21F3N4O2. The van der Waals surface area contributed by atoms with E-state index < -0.39 is 17.8 Å². The van der Waals surface area contributed by atoms with Crippen LogP contribution in [-0.2, 0) is 11.0 Å². The van der Waals surface area contributed by atoms with E-state index >= 15 is 0 Å². The maximum atomic E-state index is 12.9. The van der Waals surface area contributed by atoms with Crippen molar-refractivity contribution in [2.45, 2.75) is 19.2 Å². The summed E-state index contributed by atoms with van der Waals surface area (Å²) in [6.07, 6.45) is -4.79. The van der Waals surface area contributed by atoms with Gasteiger partial charge in [0, 0.05) is 26.7 Å². The van der Waals surface area contributed by atoms with Crippen molar-refractivity contribution in [2.75, 3.05) is 37.0 Å². The molecule has 0 aliphatic carbocycles. The second kappa shape index (κ2) is 7.57. The highest BCUT2D eigenvalue weighted by Gasteiger charge is 2.32. The molecule has 1 aromatic heterocycles. The highest BCUT2D eigenvalue weighted by molar-refractivity contribution is 5.73. The van der Waals surface area contributed by atoms with Crippen LogP contribution in [0, 0.1) is 0 Å². The van der Waals surface area contributed by atoms with Gasteiger partial charge in [-0.1, -0.05) is 0 Å². The van der Waals surface area contributed by atoms with E-state index in [-0.39, 0.29) is 12.5 Å². The number of hydrogen-bond donors (Lipinski definition) is 1. The maximum absolute atomic E-state index is 12.9. The lowest BCUT2D eigenvalue weighted by Gasteiger charge is -2.36. The molecule has 0 spiro atoms. The van der Waals surface area contributed by atoms with E-state index in [0.717, 1.165) is 12.1 Å². The summed E-state index contributed by atoms with van der Waals surface area (Å²) < 4.78 is 44.5. The zero-order valence-corrected chi connectivity index (χ0v) is 15.7. The fourth-order valence-electron chi connectivity index (χ4n) is 2.90. The van der Waals surface area contributed by atoms with Gasteiger partial charge in [-0.3, -0.25) is 4.79 Å². The van der Waals surface area contributed by atoms with Crippen LogP contribution in [0.5, 0.6) is 5.88 Å². The number of rotatable bonds is 4. The number of benzene rings is 1. The summed E-state index contributed by atoms with van der Waals surface area (Å²) in [6, 6.07) is 8.59. The Balaban J connectivity index is 1.95. The number of anilines is 3. The first-order chi connectivity index (χ1) is 13.1. The average Bonchev–Trinajstić information content (AvgIpc) is 2.64. The number of hydrogen-bond acceptors (Lipinski definition) is 5. The molecular weight excluding hydrogens is 373 g/mol. The van der Waals surface area contributed by atoms with Crippen LogP contribution in [0.3, 0.4) is 0 Å². The van der Waals surface area contributed by atoms with Crippen molar-refractivity contribution in [3.05, 3.63) is 42.0 Å². The van der Waals surface area contributed by atoms with E-state index in [0.29, 0.717) is 29.6 Å². The van der Waals surface area contributed by atoms with Gasteiger partial charge < -0.3 is 19.9 Å². The molecule has 0 bridgehead atoms. The van der Waals surface area contributed by atoms with Gasteiger partial charge in [0.1, 0.15) is 17.6 Å². The van der Waals surface area contributed by atoms with E-state index in [1.165, 1.54) is 19.1 Å². The predicted molar refractivity (Wildman–Crippen MR) is 100 cm³/mol. The van der Waals surface area contributed by atoms with Gasteiger partial charge in [0.05, 0.1) is 18.7 Å². The van der Waals surface area contributed by atoms with E-state index in [2.05, 4.69) is 10.3 Å². The summed E-state index contributed by atoms with van der Waals surface area (Å²) >= 11 is 0. The van der Waals surface area contributed by atoms with E-state index in [1.807, 2.05) is 36.0 Å². The molecule has 1 aliphatic heterocycles. The third kappa shape index (κ3) is 4.29. The van der Waals surface area contributed by atoms with Crippen molar-refractivity contribution in [3.8, 4) is 5.88 Å². The Morgan fingerprint density at radius 1 is 1.25 bits per heavy atom. The summed E-state index contributed by atoms with van der Waals surface area (Å²) in [5, 5.41) is 2.71. The Bertz CT molecular complexity index is 853. The lowest BCUT2D eigenvalue weighted by atomic mass is 10.1. The summed E-state index contributed by atoms with van der Waals surface area (Å²) in [5.74, 6) is 0.865. The van der Waals surface area contributed by atoms with Gasteiger partial charge in [0.25, 0.3) is 0 Å². The van der Waals surface area contributed by atoms with Crippen molar-refractivity contribution in [3.63, 3.8) is 0 Å². The number of pyridine rings is 1. The summed E-state index contributed by atoms with van der Waals surface area (Å²) in [7, 11) is 3.69. The van der Waals surface area contributed by atoms with Gasteiger partial charge in [0.2, 0.25) is 11.8 Å². The molecule has 0 fully saturated rings. The first-order valence-electron chi connectivity index (χ1n) is 8.69. The minimum Gasteiger partial charge on any atom is -0.469 e. The number of ether oxygens (including phenoxy) is 1. The standard InChI is InChI=1S/C19H21F3N4O2/c1-12(27)23-10-15-11-26(14-6-4-13(5-7-14)19(20,21)22)16-8-9-17(25(2)3)24-18(16)28-15/h4-9,15H,10-11H2,1-3H3,(H,23,27)/t15-/m1/s1. The number of halogens is 3. The molecule has 0 saturated carbocycles. The largest absolute Gasteiger partial charge is 0.469 e. The van der Waals surface area contributed by atoms with Crippen LogP contribution in [0.2, 0.25) is 0 Å². The second-order valence-electron chi connectivity index (χ2n) is 6.72. The maximum Gasteiger partial charge on any atom is 0.416 e. The van der Waals surface area contributed by atoms with Crippen LogP contribution < -0.4 is 19.9 Å². The minimum atomic E-state index is -4.39. The highest BCUT2D eigenvalue weighted by Crippen LogP contribution is 2.39. The average molecular weight is 394 g/mol. The molecule has 1 atom stereocenters. The molecule has 2 aromatic rings. The molecule has 1 amide bonds. The molecule has 150 valence electrons. The van der Waals surface area contributed by atoms with Gasteiger partial charge in [-0.25, -0.2) is 0 Å². The number of nitrogens with one attached hydrogen (secondary N) is 1. The number of nitrogens with zero attached hydrogens (tertiary/aromatic N) is 3. The van der Waals surface area contributed by atoms with Gasteiger partial charge in [-0.05, 0) is 36.4 Å². The fraction of sp³-hybridized carbons (Fsp3) is 0.368. The molecule has 3 rings (SSSR count). The van der Waals surface area contributed by atoms with Crippen LogP contribution in [0.1, 0.15) is 12.5 Å². The number of carbonyl (C=O) groups excluding carboxylic acids is 1. The molecule has 1 aliphatic rings. The van der Waals surface area contributed by atoms with Crippen molar-refractivity contribution < 1.29 is 22.7 Å². The van der Waals surface area contributed by atoms with Gasteiger partial charge in [-0.15, -0.1) is 0 Å². The minimum absolute atomic E-state index is 0.189. The molecule has 9 heteroatoms. The molecule has 1 aromatic carbocycles. The van der Waals surface area contributed by atoms with E-state index in [4.69, 9.17) is 4.74 Å². The van der Waals surface area contributed by atoms with Crippen molar-refractivity contribution in [2.24, 2.45) is 0 Å². The Labute approximate surface area is 160 Å². The molecule has 1 N–H and O–H groups in total. The number of alkyl halides is 3. The quantitative estimate of drug-likeness (QED) is 0.863. The summed E-state index contributed by atoms with van der Waals surface area (Å²) in [4.78, 5) is 19.4. The number of fused-ring (bicyclic) bond motifs is 1. The highest BCUT2D eigenvalue weighted by atomic mass is 19.4. The topological polar surface area (TPSA) is 57.7 Å². The lowest BCUT2D eigenvalue weighted by molar-refractivity contribution is -0.137. The second-order valence-corrected chi connectivity index (χ2v) is 6.72. The molecule has 2 heterocycles. The monoisotopic (exact) mass is 394 g/mol. The van der Waals surface area contributed by atoms with Crippen LogP contribution >= 0.6 is 0 Å². The molecule has 6 nitrogen and oxygen atoms in total. The Morgan fingerprint density at radius 3 is 2.50 bits per heavy atom. The van der Waals surface area contributed by atoms with Crippen LogP contribution in [0.4, 0.5) is 30.4 Å². The SMILES string of the molecule is CC(=O)NC[C@@H]1CN(c2ccc(C(F)(F)F)cc2)c2ccc(N(C)C)nc2O1.